The summed E-state index contributed by atoms with van der Waals surface area (Å²) in [6, 6.07) is 12.1. The summed E-state index contributed by atoms with van der Waals surface area (Å²) in [6.45, 7) is 2.65. The van der Waals surface area contributed by atoms with Gasteiger partial charge in [-0.25, -0.2) is 4.39 Å². The normalized spacial score (nSPS) is 10.2. The molecule has 2 nitrogen and oxygen atoms in total. The van der Waals surface area contributed by atoms with E-state index in [1.54, 1.807) is 12.1 Å². The van der Waals surface area contributed by atoms with Gasteiger partial charge in [0.15, 0.2) is 5.11 Å². The molecule has 0 aromatic heterocycles. The van der Waals surface area contributed by atoms with Gasteiger partial charge in [0.25, 0.3) is 0 Å². The molecular formula is C16H16ClFN2S. The Labute approximate surface area is 134 Å². The molecule has 0 saturated heterocycles. The first-order chi connectivity index (χ1) is 10.0. The molecule has 0 amide bonds. The molecule has 21 heavy (non-hydrogen) atoms. The van der Waals surface area contributed by atoms with Crippen molar-refractivity contribution in [1.29, 1.82) is 0 Å². The van der Waals surface area contributed by atoms with Crippen LogP contribution in [0.25, 0.3) is 0 Å². The highest BCUT2D eigenvalue weighted by atomic mass is 35.5. The zero-order chi connectivity index (χ0) is 15.2. The molecule has 2 aromatic carbocycles. The first-order valence-corrected chi connectivity index (χ1v) is 7.38. The lowest BCUT2D eigenvalue weighted by molar-refractivity contribution is 0.627. The maximum Gasteiger partial charge on any atom is 0.170 e. The molecule has 0 fully saturated rings. The number of anilines is 1. The van der Waals surface area contributed by atoms with Crippen molar-refractivity contribution in [2.24, 2.45) is 0 Å². The zero-order valence-electron chi connectivity index (χ0n) is 11.6. The SMILES string of the molecule is Cc1cc(Cl)ccc1NC(=S)NCCc1ccc(F)cc1. The van der Waals surface area contributed by atoms with Crippen LogP contribution in [0.2, 0.25) is 5.02 Å². The third-order valence-electron chi connectivity index (χ3n) is 3.05. The molecule has 0 radical (unpaired) electrons. The third-order valence-corrected chi connectivity index (χ3v) is 3.53. The standard InChI is InChI=1S/C16H16ClFN2S/c1-11-10-13(17)4-7-15(11)20-16(21)19-9-8-12-2-5-14(18)6-3-12/h2-7,10H,8-9H2,1H3,(H2,19,20,21). The van der Waals surface area contributed by atoms with E-state index in [1.807, 2.05) is 25.1 Å². The van der Waals surface area contributed by atoms with Crippen molar-refractivity contribution in [2.75, 3.05) is 11.9 Å². The van der Waals surface area contributed by atoms with Crippen LogP contribution in [0.3, 0.4) is 0 Å². The minimum absolute atomic E-state index is 0.220. The number of nitrogens with one attached hydrogen (secondary N) is 2. The van der Waals surface area contributed by atoms with E-state index in [-0.39, 0.29) is 5.82 Å². The van der Waals surface area contributed by atoms with Crippen molar-refractivity contribution in [2.45, 2.75) is 13.3 Å². The minimum atomic E-state index is -0.220. The molecule has 0 unspecified atom stereocenters. The van der Waals surface area contributed by atoms with E-state index in [0.717, 1.165) is 23.2 Å². The highest BCUT2D eigenvalue weighted by Crippen LogP contribution is 2.19. The van der Waals surface area contributed by atoms with Crippen LogP contribution in [0.5, 0.6) is 0 Å². The molecule has 2 aromatic rings. The summed E-state index contributed by atoms with van der Waals surface area (Å²) < 4.78 is 12.8. The molecule has 0 heterocycles. The molecule has 0 spiro atoms. The monoisotopic (exact) mass is 322 g/mol. The van der Waals surface area contributed by atoms with Gasteiger partial charge in [0.2, 0.25) is 0 Å². The zero-order valence-corrected chi connectivity index (χ0v) is 13.2. The van der Waals surface area contributed by atoms with E-state index in [2.05, 4.69) is 10.6 Å². The predicted molar refractivity (Wildman–Crippen MR) is 90.5 cm³/mol. The van der Waals surface area contributed by atoms with Crippen LogP contribution in [0.15, 0.2) is 42.5 Å². The second kappa shape index (κ2) is 7.38. The Kier molecular flexibility index (Phi) is 5.53. The topological polar surface area (TPSA) is 24.1 Å². The Balaban J connectivity index is 1.81. The first-order valence-electron chi connectivity index (χ1n) is 6.60. The summed E-state index contributed by atoms with van der Waals surface area (Å²) in [4.78, 5) is 0. The van der Waals surface area contributed by atoms with E-state index in [9.17, 15) is 4.39 Å². The number of halogens is 2. The molecule has 0 aliphatic carbocycles. The fraction of sp³-hybridized carbons (Fsp3) is 0.188. The molecule has 0 bridgehead atoms. The Morgan fingerprint density at radius 1 is 1.19 bits per heavy atom. The number of aryl methyl sites for hydroxylation is 1. The molecule has 2 N–H and O–H groups in total. The van der Waals surface area contributed by atoms with Gasteiger partial charge >= 0.3 is 0 Å². The quantitative estimate of drug-likeness (QED) is 0.820. The second-order valence-electron chi connectivity index (χ2n) is 4.72. The Morgan fingerprint density at radius 2 is 1.90 bits per heavy atom. The van der Waals surface area contributed by atoms with Gasteiger partial charge in [0.1, 0.15) is 5.82 Å². The fourth-order valence-electron chi connectivity index (χ4n) is 1.91. The van der Waals surface area contributed by atoms with Gasteiger partial charge < -0.3 is 10.6 Å². The van der Waals surface area contributed by atoms with Crippen molar-refractivity contribution in [3.8, 4) is 0 Å². The Morgan fingerprint density at radius 3 is 2.57 bits per heavy atom. The molecule has 0 aliphatic rings. The van der Waals surface area contributed by atoms with E-state index in [1.165, 1.54) is 12.1 Å². The largest absolute Gasteiger partial charge is 0.362 e. The molecule has 0 saturated carbocycles. The van der Waals surface area contributed by atoms with Gasteiger partial charge in [0.05, 0.1) is 0 Å². The van der Waals surface area contributed by atoms with Crippen molar-refractivity contribution >= 4 is 34.6 Å². The average Bonchev–Trinajstić information content (AvgIpc) is 2.44. The summed E-state index contributed by atoms with van der Waals surface area (Å²) in [7, 11) is 0. The lowest BCUT2D eigenvalue weighted by Gasteiger charge is -2.12. The summed E-state index contributed by atoms with van der Waals surface area (Å²) in [5.41, 5.74) is 3.03. The lowest BCUT2D eigenvalue weighted by Crippen LogP contribution is -2.30. The van der Waals surface area contributed by atoms with Gasteiger partial charge in [-0.1, -0.05) is 23.7 Å². The number of benzene rings is 2. The number of rotatable bonds is 4. The highest BCUT2D eigenvalue weighted by molar-refractivity contribution is 7.80. The van der Waals surface area contributed by atoms with Gasteiger partial charge in [-0.2, -0.15) is 0 Å². The summed E-state index contributed by atoms with van der Waals surface area (Å²) in [6.07, 6.45) is 0.779. The molecular weight excluding hydrogens is 307 g/mol. The van der Waals surface area contributed by atoms with Crippen molar-refractivity contribution in [1.82, 2.24) is 5.32 Å². The van der Waals surface area contributed by atoms with Crippen molar-refractivity contribution in [3.05, 3.63) is 64.4 Å². The third kappa shape index (κ3) is 4.99. The molecule has 110 valence electrons. The smallest absolute Gasteiger partial charge is 0.170 e. The van der Waals surface area contributed by atoms with E-state index in [4.69, 9.17) is 23.8 Å². The van der Waals surface area contributed by atoms with Crippen LogP contribution in [0.1, 0.15) is 11.1 Å². The molecule has 0 aliphatic heterocycles. The highest BCUT2D eigenvalue weighted by Gasteiger charge is 2.02. The molecule has 5 heteroatoms. The molecule has 0 atom stereocenters. The van der Waals surface area contributed by atoms with Crippen LogP contribution < -0.4 is 10.6 Å². The Bertz CT molecular complexity index is 629. The maximum absolute atomic E-state index is 12.8. The van der Waals surface area contributed by atoms with E-state index in [0.29, 0.717) is 16.7 Å². The van der Waals surface area contributed by atoms with Crippen LogP contribution in [0.4, 0.5) is 10.1 Å². The van der Waals surface area contributed by atoms with Gasteiger partial charge in [0, 0.05) is 17.3 Å². The maximum atomic E-state index is 12.8. The van der Waals surface area contributed by atoms with Crippen molar-refractivity contribution in [3.63, 3.8) is 0 Å². The minimum Gasteiger partial charge on any atom is -0.362 e. The van der Waals surface area contributed by atoms with Gasteiger partial charge in [-0.15, -0.1) is 0 Å². The van der Waals surface area contributed by atoms with Crippen LogP contribution >= 0.6 is 23.8 Å². The average molecular weight is 323 g/mol. The fourth-order valence-corrected chi connectivity index (χ4v) is 2.34. The predicted octanol–water partition coefficient (Wildman–Crippen LogP) is 4.32. The Hall–Kier alpha value is -1.65. The van der Waals surface area contributed by atoms with E-state index < -0.39 is 0 Å². The van der Waals surface area contributed by atoms with Crippen LogP contribution in [0, 0.1) is 12.7 Å². The van der Waals surface area contributed by atoms with Gasteiger partial charge in [-0.05, 0) is 67.0 Å². The lowest BCUT2D eigenvalue weighted by atomic mass is 10.1. The van der Waals surface area contributed by atoms with Crippen LogP contribution in [-0.2, 0) is 6.42 Å². The summed E-state index contributed by atoms with van der Waals surface area (Å²) >= 11 is 11.2. The molecule has 2 rings (SSSR count). The number of hydrogen-bond acceptors (Lipinski definition) is 1. The van der Waals surface area contributed by atoms with Crippen molar-refractivity contribution < 1.29 is 4.39 Å². The number of thiocarbonyl (C=S) groups is 1. The summed E-state index contributed by atoms with van der Waals surface area (Å²) in [5, 5.41) is 7.52. The second-order valence-corrected chi connectivity index (χ2v) is 5.56. The first kappa shape index (κ1) is 15.7. The van der Waals surface area contributed by atoms with E-state index >= 15 is 0 Å². The van der Waals surface area contributed by atoms with Gasteiger partial charge in [-0.3, -0.25) is 0 Å². The van der Waals surface area contributed by atoms with Crippen LogP contribution in [-0.4, -0.2) is 11.7 Å². The summed E-state index contributed by atoms with van der Waals surface area (Å²) in [5.74, 6) is -0.220. The number of hydrogen-bond donors (Lipinski definition) is 2.